The van der Waals surface area contributed by atoms with Gasteiger partial charge in [0.05, 0.1) is 0 Å². The van der Waals surface area contributed by atoms with Gasteiger partial charge in [0.2, 0.25) is 0 Å². The van der Waals surface area contributed by atoms with E-state index in [1.54, 1.807) is 0 Å². The second-order valence-electron chi connectivity index (χ2n) is 6.01. The standard InChI is InChI=1S/C16H34O3.C6H6/c1-5-9-10-11-12-13-14-15-16(17-6-2,18-7-3)19-8-4;1-2-4-6-5-3-1/h5-15H2,1-4H3;1-6H. The molecule has 0 aromatic heterocycles. The molecular formula is C22H40O3. The first-order valence-corrected chi connectivity index (χ1v) is 10.2. The average Bonchev–Trinajstić information content (AvgIpc) is 2.64. The Morgan fingerprint density at radius 2 is 0.880 bits per heavy atom. The molecule has 1 aromatic rings. The van der Waals surface area contributed by atoms with E-state index in [2.05, 4.69) is 6.92 Å². The third kappa shape index (κ3) is 14.0. The van der Waals surface area contributed by atoms with Gasteiger partial charge in [-0.15, -0.1) is 0 Å². The molecule has 0 bridgehead atoms. The zero-order valence-corrected chi connectivity index (χ0v) is 17.0. The molecule has 0 N–H and O–H groups in total. The van der Waals surface area contributed by atoms with E-state index < -0.39 is 5.97 Å². The molecule has 25 heavy (non-hydrogen) atoms. The highest BCUT2D eigenvalue weighted by Gasteiger charge is 2.31. The summed E-state index contributed by atoms with van der Waals surface area (Å²) in [7, 11) is 0. The Bertz CT molecular complexity index is 310. The lowest BCUT2D eigenvalue weighted by atomic mass is 10.1. The first-order valence-electron chi connectivity index (χ1n) is 10.2. The zero-order valence-electron chi connectivity index (χ0n) is 17.0. The Hall–Kier alpha value is -0.900. The lowest BCUT2D eigenvalue weighted by Crippen LogP contribution is -2.39. The molecule has 3 nitrogen and oxygen atoms in total. The van der Waals surface area contributed by atoms with Gasteiger partial charge >= 0.3 is 0 Å². The molecule has 0 unspecified atom stereocenters. The van der Waals surface area contributed by atoms with Crippen molar-refractivity contribution in [3.63, 3.8) is 0 Å². The van der Waals surface area contributed by atoms with E-state index in [0.717, 1.165) is 12.8 Å². The fourth-order valence-corrected chi connectivity index (χ4v) is 2.68. The summed E-state index contributed by atoms with van der Waals surface area (Å²) in [5.74, 6) is -0.804. The lowest BCUT2D eigenvalue weighted by Gasteiger charge is -2.32. The van der Waals surface area contributed by atoms with Crippen LogP contribution >= 0.6 is 0 Å². The second-order valence-corrected chi connectivity index (χ2v) is 6.01. The van der Waals surface area contributed by atoms with Crippen LogP contribution in [0.3, 0.4) is 0 Å². The molecule has 146 valence electrons. The molecule has 0 aliphatic heterocycles. The quantitative estimate of drug-likeness (QED) is 0.280. The maximum Gasteiger partial charge on any atom is 0.282 e. The monoisotopic (exact) mass is 352 g/mol. The summed E-state index contributed by atoms with van der Waals surface area (Å²) in [4.78, 5) is 0. The van der Waals surface area contributed by atoms with Gasteiger partial charge in [0.1, 0.15) is 0 Å². The minimum absolute atomic E-state index is 0.622. The Labute approximate surface area is 156 Å². The lowest BCUT2D eigenvalue weighted by molar-refractivity contribution is -0.380. The first-order chi connectivity index (χ1) is 12.2. The molecular weight excluding hydrogens is 312 g/mol. The molecule has 0 heterocycles. The smallest absolute Gasteiger partial charge is 0.282 e. The summed E-state index contributed by atoms with van der Waals surface area (Å²) < 4.78 is 17.1. The van der Waals surface area contributed by atoms with Crippen molar-refractivity contribution in [3.05, 3.63) is 36.4 Å². The van der Waals surface area contributed by atoms with Crippen LogP contribution in [0.1, 0.15) is 79.1 Å². The molecule has 0 saturated carbocycles. The number of benzene rings is 1. The van der Waals surface area contributed by atoms with Gasteiger partial charge in [0, 0.05) is 26.2 Å². The van der Waals surface area contributed by atoms with Crippen molar-refractivity contribution in [2.45, 2.75) is 85.0 Å². The topological polar surface area (TPSA) is 27.7 Å². The Balaban J connectivity index is 0.000000796. The summed E-state index contributed by atoms with van der Waals surface area (Å²) in [6.45, 7) is 10.1. The molecule has 0 amide bonds. The van der Waals surface area contributed by atoms with Crippen LogP contribution in [0, 0.1) is 0 Å². The highest BCUT2D eigenvalue weighted by Crippen LogP contribution is 2.24. The van der Waals surface area contributed by atoms with Crippen LogP contribution in [-0.4, -0.2) is 25.8 Å². The summed E-state index contributed by atoms with van der Waals surface area (Å²) in [5.41, 5.74) is 0. The normalized spacial score (nSPS) is 11.0. The van der Waals surface area contributed by atoms with Crippen molar-refractivity contribution in [1.82, 2.24) is 0 Å². The van der Waals surface area contributed by atoms with Gasteiger partial charge in [-0.1, -0.05) is 81.8 Å². The number of unbranched alkanes of at least 4 members (excludes halogenated alkanes) is 6. The Morgan fingerprint density at radius 1 is 0.520 bits per heavy atom. The van der Waals surface area contributed by atoms with Crippen molar-refractivity contribution in [3.8, 4) is 0 Å². The van der Waals surface area contributed by atoms with Crippen LogP contribution in [0.5, 0.6) is 0 Å². The van der Waals surface area contributed by atoms with E-state index in [-0.39, 0.29) is 0 Å². The van der Waals surface area contributed by atoms with E-state index in [1.807, 2.05) is 57.2 Å². The van der Waals surface area contributed by atoms with Gasteiger partial charge in [-0.2, -0.15) is 0 Å². The zero-order chi connectivity index (χ0) is 18.6. The fourth-order valence-electron chi connectivity index (χ4n) is 2.68. The third-order valence-corrected chi connectivity index (χ3v) is 3.85. The van der Waals surface area contributed by atoms with Gasteiger partial charge < -0.3 is 14.2 Å². The summed E-state index contributed by atoms with van der Waals surface area (Å²) >= 11 is 0. The molecule has 0 radical (unpaired) electrons. The van der Waals surface area contributed by atoms with Gasteiger partial charge in [0.15, 0.2) is 0 Å². The van der Waals surface area contributed by atoms with Gasteiger partial charge in [-0.3, -0.25) is 0 Å². The van der Waals surface area contributed by atoms with Crippen LogP contribution in [-0.2, 0) is 14.2 Å². The SMILES string of the molecule is CCCCCCCCCC(OCC)(OCC)OCC.c1ccccc1. The van der Waals surface area contributed by atoms with Gasteiger partial charge in [0.25, 0.3) is 5.97 Å². The maximum atomic E-state index is 5.71. The highest BCUT2D eigenvalue weighted by atomic mass is 16.9. The van der Waals surface area contributed by atoms with Crippen molar-refractivity contribution in [1.29, 1.82) is 0 Å². The van der Waals surface area contributed by atoms with E-state index >= 15 is 0 Å². The van der Waals surface area contributed by atoms with Crippen LogP contribution in [0.2, 0.25) is 0 Å². The van der Waals surface area contributed by atoms with E-state index in [0.29, 0.717) is 19.8 Å². The molecule has 0 saturated heterocycles. The molecule has 0 aliphatic rings. The number of rotatable bonds is 14. The Kier molecular flexibility index (Phi) is 17.3. The molecule has 0 aliphatic carbocycles. The number of ether oxygens (including phenoxy) is 3. The van der Waals surface area contributed by atoms with Crippen molar-refractivity contribution in [2.75, 3.05) is 19.8 Å². The average molecular weight is 353 g/mol. The first kappa shape index (κ1) is 24.1. The van der Waals surface area contributed by atoms with Crippen LogP contribution in [0.15, 0.2) is 36.4 Å². The van der Waals surface area contributed by atoms with Crippen LogP contribution in [0.4, 0.5) is 0 Å². The fraction of sp³-hybridized carbons (Fsp3) is 0.727. The molecule has 1 rings (SSSR count). The molecule has 0 spiro atoms. The second kappa shape index (κ2) is 17.9. The molecule has 1 aromatic carbocycles. The third-order valence-electron chi connectivity index (χ3n) is 3.85. The molecule has 0 atom stereocenters. The molecule has 3 heteroatoms. The predicted octanol–water partition coefficient (Wildman–Crippen LogP) is 6.58. The van der Waals surface area contributed by atoms with Crippen LogP contribution < -0.4 is 0 Å². The van der Waals surface area contributed by atoms with E-state index in [9.17, 15) is 0 Å². The van der Waals surface area contributed by atoms with Gasteiger partial charge in [-0.25, -0.2) is 0 Å². The number of hydrogen-bond acceptors (Lipinski definition) is 3. The largest absolute Gasteiger partial charge is 0.328 e. The van der Waals surface area contributed by atoms with Gasteiger partial charge in [-0.05, 0) is 27.2 Å². The molecule has 0 fully saturated rings. The van der Waals surface area contributed by atoms with E-state index in [4.69, 9.17) is 14.2 Å². The van der Waals surface area contributed by atoms with Crippen LogP contribution in [0.25, 0.3) is 0 Å². The van der Waals surface area contributed by atoms with Crippen molar-refractivity contribution >= 4 is 0 Å². The van der Waals surface area contributed by atoms with Crippen molar-refractivity contribution < 1.29 is 14.2 Å². The highest BCUT2D eigenvalue weighted by molar-refractivity contribution is 4.99. The number of hydrogen-bond donors (Lipinski definition) is 0. The summed E-state index contributed by atoms with van der Waals surface area (Å²) in [6.07, 6.45) is 9.85. The maximum absolute atomic E-state index is 5.71. The minimum Gasteiger partial charge on any atom is -0.328 e. The minimum atomic E-state index is -0.804. The summed E-state index contributed by atoms with van der Waals surface area (Å²) in [5, 5.41) is 0. The van der Waals surface area contributed by atoms with Crippen molar-refractivity contribution in [2.24, 2.45) is 0 Å². The van der Waals surface area contributed by atoms with E-state index in [1.165, 1.54) is 38.5 Å². The summed E-state index contributed by atoms with van der Waals surface area (Å²) in [6, 6.07) is 12.0. The Morgan fingerprint density at radius 3 is 1.24 bits per heavy atom. The predicted molar refractivity (Wildman–Crippen MR) is 107 cm³/mol.